The average Bonchev–Trinajstić information content (AvgIpc) is 2.29. The van der Waals surface area contributed by atoms with Crippen molar-refractivity contribution in [2.45, 2.75) is 5.75 Å². The first-order chi connectivity index (χ1) is 8.44. The maximum Gasteiger partial charge on any atom is 0.269 e. The maximum atomic E-state index is 10.7. The summed E-state index contributed by atoms with van der Waals surface area (Å²) in [7, 11) is -3.98. The average molecular weight is 263 g/mol. The van der Waals surface area contributed by atoms with Gasteiger partial charge in [-0.2, -0.15) is 8.42 Å². The van der Waals surface area contributed by atoms with Crippen LogP contribution in [0.15, 0.2) is 48.5 Å². The van der Waals surface area contributed by atoms with E-state index in [-0.39, 0.29) is 5.75 Å². The third-order valence-corrected chi connectivity index (χ3v) is 3.25. The molecule has 0 radical (unpaired) electrons. The SMILES string of the molecule is Nc1ccc(-c2ccc(CS(=O)(=O)O)cc2)cc1. The van der Waals surface area contributed by atoms with E-state index in [1.54, 1.807) is 24.3 Å². The summed E-state index contributed by atoms with van der Waals surface area (Å²) in [5.41, 5.74) is 8.82. The Hall–Kier alpha value is -1.85. The summed E-state index contributed by atoms with van der Waals surface area (Å²) in [5.74, 6) is -0.366. The molecule has 2 aromatic rings. The predicted molar refractivity (Wildman–Crippen MR) is 71.5 cm³/mol. The minimum absolute atomic E-state index is 0.366. The Morgan fingerprint density at radius 2 is 1.33 bits per heavy atom. The zero-order valence-corrected chi connectivity index (χ0v) is 10.4. The second-order valence-corrected chi connectivity index (χ2v) is 5.50. The quantitative estimate of drug-likeness (QED) is 0.658. The van der Waals surface area contributed by atoms with Gasteiger partial charge in [-0.05, 0) is 28.8 Å². The molecule has 94 valence electrons. The third-order valence-electron chi connectivity index (χ3n) is 2.55. The normalized spacial score (nSPS) is 11.4. The molecule has 4 nitrogen and oxygen atoms in total. The van der Waals surface area contributed by atoms with Gasteiger partial charge in [0.25, 0.3) is 10.1 Å². The van der Waals surface area contributed by atoms with Crippen LogP contribution in [-0.2, 0) is 15.9 Å². The first kappa shape index (κ1) is 12.6. The van der Waals surface area contributed by atoms with Gasteiger partial charge in [-0.1, -0.05) is 36.4 Å². The van der Waals surface area contributed by atoms with Crippen molar-refractivity contribution >= 4 is 15.8 Å². The fraction of sp³-hybridized carbons (Fsp3) is 0.0769. The van der Waals surface area contributed by atoms with Crippen molar-refractivity contribution in [3.8, 4) is 11.1 Å². The lowest BCUT2D eigenvalue weighted by molar-refractivity contribution is 0.482. The number of nitrogen functional groups attached to an aromatic ring is 1. The first-order valence-corrected chi connectivity index (χ1v) is 6.95. The Bertz CT molecular complexity index is 631. The van der Waals surface area contributed by atoms with Gasteiger partial charge in [-0.3, -0.25) is 4.55 Å². The molecule has 0 aliphatic heterocycles. The Morgan fingerprint density at radius 1 is 0.889 bits per heavy atom. The number of anilines is 1. The molecule has 2 rings (SSSR count). The number of nitrogens with two attached hydrogens (primary N) is 1. The highest BCUT2D eigenvalue weighted by Gasteiger charge is 2.06. The topological polar surface area (TPSA) is 80.4 Å². The Balaban J connectivity index is 2.25. The molecule has 2 aromatic carbocycles. The molecule has 5 heteroatoms. The molecule has 3 N–H and O–H groups in total. The second kappa shape index (κ2) is 4.80. The molecular formula is C13H13NO3S. The molecule has 0 heterocycles. The largest absolute Gasteiger partial charge is 0.399 e. The molecule has 0 spiro atoms. The smallest absolute Gasteiger partial charge is 0.269 e. The molecule has 0 saturated carbocycles. The summed E-state index contributed by atoms with van der Waals surface area (Å²) in [6, 6.07) is 14.4. The number of rotatable bonds is 3. The van der Waals surface area contributed by atoms with Crippen molar-refractivity contribution in [2.24, 2.45) is 0 Å². The number of hydrogen-bond donors (Lipinski definition) is 2. The molecule has 0 bridgehead atoms. The summed E-state index contributed by atoms with van der Waals surface area (Å²) in [5, 5.41) is 0. The lowest BCUT2D eigenvalue weighted by atomic mass is 10.0. The molecule has 0 amide bonds. The Labute approximate surface area is 106 Å². The fourth-order valence-corrected chi connectivity index (χ4v) is 2.29. The molecular weight excluding hydrogens is 250 g/mol. The molecule has 0 saturated heterocycles. The van der Waals surface area contributed by atoms with E-state index in [0.717, 1.165) is 11.1 Å². The van der Waals surface area contributed by atoms with E-state index in [0.29, 0.717) is 11.3 Å². The van der Waals surface area contributed by atoms with Crippen molar-refractivity contribution in [2.75, 3.05) is 5.73 Å². The van der Waals surface area contributed by atoms with Crippen LogP contribution in [0.25, 0.3) is 11.1 Å². The fourth-order valence-electron chi connectivity index (χ4n) is 1.68. The minimum atomic E-state index is -3.98. The van der Waals surface area contributed by atoms with Crippen LogP contribution in [0.3, 0.4) is 0 Å². The molecule has 18 heavy (non-hydrogen) atoms. The summed E-state index contributed by atoms with van der Waals surface area (Å²) < 4.78 is 30.2. The Kier molecular flexibility index (Phi) is 3.36. The van der Waals surface area contributed by atoms with Crippen molar-refractivity contribution < 1.29 is 13.0 Å². The van der Waals surface area contributed by atoms with Crippen molar-refractivity contribution in [3.63, 3.8) is 0 Å². The molecule has 0 atom stereocenters. The highest BCUT2D eigenvalue weighted by atomic mass is 32.2. The van der Waals surface area contributed by atoms with Crippen LogP contribution in [0.1, 0.15) is 5.56 Å². The van der Waals surface area contributed by atoms with Crippen molar-refractivity contribution in [1.29, 1.82) is 0 Å². The van der Waals surface area contributed by atoms with Gasteiger partial charge in [0.15, 0.2) is 0 Å². The lowest BCUT2D eigenvalue weighted by Gasteiger charge is -2.04. The van der Waals surface area contributed by atoms with Crippen LogP contribution in [0, 0.1) is 0 Å². The van der Waals surface area contributed by atoms with Crippen LogP contribution in [0.5, 0.6) is 0 Å². The summed E-state index contributed by atoms with van der Waals surface area (Å²) in [4.78, 5) is 0. The summed E-state index contributed by atoms with van der Waals surface area (Å²) in [6.45, 7) is 0. The molecule has 0 aromatic heterocycles. The minimum Gasteiger partial charge on any atom is -0.399 e. The van der Waals surface area contributed by atoms with E-state index >= 15 is 0 Å². The van der Waals surface area contributed by atoms with Gasteiger partial charge in [0.1, 0.15) is 5.75 Å². The maximum absolute atomic E-state index is 10.7. The summed E-state index contributed by atoms with van der Waals surface area (Å²) >= 11 is 0. The van der Waals surface area contributed by atoms with E-state index in [4.69, 9.17) is 10.3 Å². The van der Waals surface area contributed by atoms with Gasteiger partial charge in [0.2, 0.25) is 0 Å². The van der Waals surface area contributed by atoms with E-state index in [1.807, 2.05) is 24.3 Å². The van der Waals surface area contributed by atoms with Gasteiger partial charge < -0.3 is 5.73 Å². The highest BCUT2D eigenvalue weighted by molar-refractivity contribution is 7.85. The zero-order chi connectivity index (χ0) is 13.2. The van der Waals surface area contributed by atoms with Crippen LogP contribution in [0.2, 0.25) is 0 Å². The standard InChI is InChI=1S/C13H13NO3S/c14-13-7-5-12(6-8-13)11-3-1-10(2-4-11)9-18(15,16)17/h1-8H,9,14H2,(H,15,16,17). The van der Waals surface area contributed by atoms with Crippen molar-refractivity contribution in [1.82, 2.24) is 0 Å². The van der Waals surface area contributed by atoms with Gasteiger partial charge >= 0.3 is 0 Å². The molecule has 0 unspecified atom stereocenters. The summed E-state index contributed by atoms with van der Waals surface area (Å²) in [6.07, 6.45) is 0. The van der Waals surface area contributed by atoms with Crippen LogP contribution < -0.4 is 5.73 Å². The van der Waals surface area contributed by atoms with Gasteiger partial charge in [-0.15, -0.1) is 0 Å². The van der Waals surface area contributed by atoms with Gasteiger partial charge in [-0.25, -0.2) is 0 Å². The molecule has 0 aliphatic rings. The zero-order valence-electron chi connectivity index (χ0n) is 9.58. The van der Waals surface area contributed by atoms with E-state index in [1.165, 1.54) is 0 Å². The first-order valence-electron chi connectivity index (χ1n) is 5.34. The van der Waals surface area contributed by atoms with Crippen LogP contribution in [-0.4, -0.2) is 13.0 Å². The Morgan fingerprint density at radius 3 is 1.78 bits per heavy atom. The predicted octanol–water partition coefficient (Wildman–Crippen LogP) is 2.32. The lowest BCUT2D eigenvalue weighted by Crippen LogP contribution is -2.01. The van der Waals surface area contributed by atoms with Crippen molar-refractivity contribution in [3.05, 3.63) is 54.1 Å². The monoisotopic (exact) mass is 263 g/mol. The molecule has 0 fully saturated rings. The van der Waals surface area contributed by atoms with E-state index < -0.39 is 10.1 Å². The van der Waals surface area contributed by atoms with Crippen LogP contribution >= 0.6 is 0 Å². The second-order valence-electron chi connectivity index (χ2n) is 4.05. The van der Waals surface area contributed by atoms with Crippen LogP contribution in [0.4, 0.5) is 5.69 Å². The van der Waals surface area contributed by atoms with E-state index in [9.17, 15) is 8.42 Å². The number of benzene rings is 2. The van der Waals surface area contributed by atoms with Gasteiger partial charge in [0, 0.05) is 5.69 Å². The molecule has 0 aliphatic carbocycles. The third kappa shape index (κ3) is 3.32. The van der Waals surface area contributed by atoms with Gasteiger partial charge in [0.05, 0.1) is 0 Å². The highest BCUT2D eigenvalue weighted by Crippen LogP contribution is 2.21. The van der Waals surface area contributed by atoms with E-state index in [2.05, 4.69) is 0 Å². The number of hydrogen-bond acceptors (Lipinski definition) is 3.